The lowest BCUT2D eigenvalue weighted by atomic mass is 9.88. The maximum absolute atomic E-state index is 10.2. The second kappa shape index (κ2) is 4.59. The summed E-state index contributed by atoms with van der Waals surface area (Å²) in [6.07, 6.45) is 4.84. The summed E-state index contributed by atoms with van der Waals surface area (Å²) in [6.45, 7) is 1.95. The third-order valence-corrected chi connectivity index (χ3v) is 3.04. The molecule has 1 aromatic heterocycles. The lowest BCUT2D eigenvalue weighted by Crippen LogP contribution is -2.31. The Balaban J connectivity index is 2.12. The van der Waals surface area contributed by atoms with Crippen molar-refractivity contribution in [2.24, 2.45) is 5.92 Å². The smallest absolute Gasteiger partial charge is 0.0854 e. The van der Waals surface area contributed by atoms with Crippen LogP contribution in [-0.2, 0) is 0 Å². The minimum Gasteiger partial charge on any atom is -0.398 e. The molecule has 1 saturated heterocycles. The van der Waals surface area contributed by atoms with Gasteiger partial charge >= 0.3 is 0 Å². The number of aliphatic hydroxyl groups is 1. The molecule has 4 N–H and O–H groups in total. The van der Waals surface area contributed by atoms with Gasteiger partial charge in [0.2, 0.25) is 0 Å². The molecule has 1 unspecified atom stereocenters. The first-order valence-corrected chi connectivity index (χ1v) is 5.37. The number of anilines is 1. The van der Waals surface area contributed by atoms with Crippen molar-refractivity contribution in [1.82, 2.24) is 10.3 Å². The second-order valence-electron chi connectivity index (χ2n) is 4.04. The zero-order valence-corrected chi connectivity index (χ0v) is 8.69. The summed E-state index contributed by atoms with van der Waals surface area (Å²) in [7, 11) is 0. The fourth-order valence-electron chi connectivity index (χ4n) is 2.08. The Bertz CT molecular complexity index is 323. The number of hydrogen-bond acceptors (Lipinski definition) is 4. The van der Waals surface area contributed by atoms with Gasteiger partial charge in [0.15, 0.2) is 0 Å². The molecule has 4 heteroatoms. The fourth-order valence-corrected chi connectivity index (χ4v) is 2.08. The van der Waals surface area contributed by atoms with E-state index in [0.717, 1.165) is 31.5 Å². The molecule has 0 saturated carbocycles. The van der Waals surface area contributed by atoms with Crippen LogP contribution in [0.25, 0.3) is 0 Å². The Morgan fingerprint density at radius 2 is 2.20 bits per heavy atom. The highest BCUT2D eigenvalue weighted by molar-refractivity contribution is 5.45. The van der Waals surface area contributed by atoms with Crippen LogP contribution in [0.15, 0.2) is 18.5 Å². The molecule has 1 aliphatic rings. The molecular formula is C11H17N3O. The normalized spacial score (nSPS) is 20.1. The van der Waals surface area contributed by atoms with Gasteiger partial charge in [0, 0.05) is 23.6 Å². The molecule has 1 aliphatic heterocycles. The largest absolute Gasteiger partial charge is 0.398 e. The molecule has 82 valence electrons. The lowest BCUT2D eigenvalue weighted by Gasteiger charge is -2.27. The number of aromatic nitrogens is 1. The number of aliphatic hydroxyl groups excluding tert-OH is 1. The third kappa shape index (κ3) is 2.27. The van der Waals surface area contributed by atoms with Crippen molar-refractivity contribution in [3.05, 3.63) is 24.0 Å². The van der Waals surface area contributed by atoms with Crippen molar-refractivity contribution < 1.29 is 5.11 Å². The number of nitrogens with one attached hydrogen (secondary N) is 1. The monoisotopic (exact) mass is 207 g/mol. The first-order valence-electron chi connectivity index (χ1n) is 5.37. The minimum absolute atomic E-state index is 0.303. The van der Waals surface area contributed by atoms with E-state index < -0.39 is 6.10 Å². The Labute approximate surface area is 89.5 Å². The van der Waals surface area contributed by atoms with E-state index in [4.69, 9.17) is 5.73 Å². The molecule has 0 amide bonds. The predicted octanol–water partition coefficient (Wildman–Crippen LogP) is 0.697. The van der Waals surface area contributed by atoms with Gasteiger partial charge < -0.3 is 16.2 Å². The van der Waals surface area contributed by atoms with Gasteiger partial charge in [0.05, 0.1) is 6.10 Å². The lowest BCUT2D eigenvalue weighted by molar-refractivity contribution is 0.0893. The Kier molecular flexibility index (Phi) is 3.18. The zero-order valence-electron chi connectivity index (χ0n) is 8.69. The van der Waals surface area contributed by atoms with Crippen LogP contribution in [-0.4, -0.2) is 23.2 Å². The van der Waals surface area contributed by atoms with Crippen LogP contribution in [0.4, 0.5) is 5.69 Å². The molecule has 1 atom stereocenters. The van der Waals surface area contributed by atoms with E-state index in [0.29, 0.717) is 11.6 Å². The third-order valence-electron chi connectivity index (χ3n) is 3.04. The number of nitrogens with zero attached hydrogens (tertiary/aromatic N) is 1. The highest BCUT2D eigenvalue weighted by Crippen LogP contribution is 2.30. The summed E-state index contributed by atoms with van der Waals surface area (Å²) in [5, 5.41) is 13.5. The summed E-state index contributed by atoms with van der Waals surface area (Å²) in [5.74, 6) is 0.303. The van der Waals surface area contributed by atoms with E-state index in [2.05, 4.69) is 10.3 Å². The Morgan fingerprint density at radius 1 is 1.47 bits per heavy atom. The van der Waals surface area contributed by atoms with Gasteiger partial charge in [0.25, 0.3) is 0 Å². The van der Waals surface area contributed by atoms with Gasteiger partial charge in [0.1, 0.15) is 0 Å². The number of hydrogen-bond donors (Lipinski definition) is 3. The SMILES string of the molecule is Nc1ccncc1C(O)C1CCNCC1. The molecule has 2 rings (SSSR count). The standard InChI is InChI=1S/C11H17N3O/c12-10-3-6-14-7-9(10)11(15)8-1-4-13-5-2-8/h3,6-8,11,13,15H,1-2,4-5H2,(H2,12,14). The second-order valence-corrected chi connectivity index (χ2v) is 4.04. The van der Waals surface area contributed by atoms with Crippen LogP contribution in [0.5, 0.6) is 0 Å². The van der Waals surface area contributed by atoms with Crippen molar-refractivity contribution in [3.63, 3.8) is 0 Å². The summed E-state index contributed by atoms with van der Waals surface area (Å²) in [4.78, 5) is 4.01. The number of piperidine rings is 1. The summed E-state index contributed by atoms with van der Waals surface area (Å²) in [6, 6.07) is 1.74. The molecule has 0 radical (unpaired) electrons. The number of pyridine rings is 1. The van der Waals surface area contributed by atoms with Crippen LogP contribution >= 0.6 is 0 Å². The van der Waals surface area contributed by atoms with E-state index in [-0.39, 0.29) is 0 Å². The van der Waals surface area contributed by atoms with Crippen LogP contribution in [0.1, 0.15) is 24.5 Å². The highest BCUT2D eigenvalue weighted by atomic mass is 16.3. The summed E-state index contributed by atoms with van der Waals surface area (Å²) >= 11 is 0. The Hall–Kier alpha value is -1.13. The van der Waals surface area contributed by atoms with E-state index in [1.807, 2.05) is 0 Å². The molecule has 0 aliphatic carbocycles. The summed E-state index contributed by atoms with van der Waals surface area (Å²) in [5.41, 5.74) is 7.22. The average molecular weight is 207 g/mol. The van der Waals surface area contributed by atoms with Gasteiger partial charge in [-0.1, -0.05) is 0 Å². The number of nitrogens with two attached hydrogens (primary N) is 1. The van der Waals surface area contributed by atoms with E-state index in [1.54, 1.807) is 18.5 Å². The molecular weight excluding hydrogens is 190 g/mol. The molecule has 0 bridgehead atoms. The summed E-state index contributed by atoms with van der Waals surface area (Å²) < 4.78 is 0. The first kappa shape index (κ1) is 10.4. The quantitative estimate of drug-likeness (QED) is 0.667. The molecule has 2 heterocycles. The van der Waals surface area contributed by atoms with Crippen LogP contribution in [0, 0.1) is 5.92 Å². The van der Waals surface area contributed by atoms with E-state index in [9.17, 15) is 5.11 Å². The van der Waals surface area contributed by atoms with Crippen molar-refractivity contribution in [2.75, 3.05) is 18.8 Å². The Morgan fingerprint density at radius 3 is 2.87 bits per heavy atom. The van der Waals surface area contributed by atoms with Crippen LogP contribution in [0.2, 0.25) is 0 Å². The van der Waals surface area contributed by atoms with Gasteiger partial charge in [-0.25, -0.2) is 0 Å². The number of rotatable bonds is 2. The van der Waals surface area contributed by atoms with Gasteiger partial charge in [-0.3, -0.25) is 4.98 Å². The topological polar surface area (TPSA) is 71.2 Å². The van der Waals surface area contributed by atoms with Crippen LogP contribution in [0.3, 0.4) is 0 Å². The molecule has 15 heavy (non-hydrogen) atoms. The van der Waals surface area contributed by atoms with Gasteiger partial charge in [-0.15, -0.1) is 0 Å². The van der Waals surface area contributed by atoms with Crippen molar-refractivity contribution in [2.45, 2.75) is 18.9 Å². The molecule has 4 nitrogen and oxygen atoms in total. The van der Waals surface area contributed by atoms with E-state index >= 15 is 0 Å². The number of nitrogen functional groups attached to an aromatic ring is 1. The van der Waals surface area contributed by atoms with Crippen LogP contribution < -0.4 is 11.1 Å². The highest BCUT2D eigenvalue weighted by Gasteiger charge is 2.24. The maximum Gasteiger partial charge on any atom is 0.0854 e. The van der Waals surface area contributed by atoms with Gasteiger partial charge in [-0.2, -0.15) is 0 Å². The zero-order chi connectivity index (χ0) is 10.7. The molecule has 0 aromatic carbocycles. The van der Waals surface area contributed by atoms with E-state index in [1.165, 1.54) is 0 Å². The van der Waals surface area contributed by atoms with Crippen molar-refractivity contribution in [1.29, 1.82) is 0 Å². The minimum atomic E-state index is -0.471. The first-order chi connectivity index (χ1) is 7.29. The van der Waals surface area contributed by atoms with Crippen molar-refractivity contribution >= 4 is 5.69 Å². The predicted molar refractivity (Wildman–Crippen MR) is 59.2 cm³/mol. The fraction of sp³-hybridized carbons (Fsp3) is 0.545. The molecule has 1 fully saturated rings. The van der Waals surface area contributed by atoms with Gasteiger partial charge in [-0.05, 0) is 37.9 Å². The molecule has 1 aromatic rings. The maximum atomic E-state index is 10.2. The average Bonchev–Trinajstić information content (AvgIpc) is 2.30. The molecule has 0 spiro atoms. The van der Waals surface area contributed by atoms with Crippen molar-refractivity contribution in [3.8, 4) is 0 Å².